The van der Waals surface area contributed by atoms with E-state index >= 15 is 0 Å². The van der Waals surface area contributed by atoms with Gasteiger partial charge in [-0.3, -0.25) is 9.10 Å². The van der Waals surface area contributed by atoms with Gasteiger partial charge in [0, 0.05) is 5.69 Å². The third-order valence-electron chi connectivity index (χ3n) is 4.72. The molecule has 1 N–H and O–H groups in total. The number of carbonyl (C=O) groups excluding carboxylic acids is 2. The fourth-order valence-corrected chi connectivity index (χ4v) is 4.86. The fourth-order valence-electron chi connectivity index (χ4n) is 3.15. The average molecular weight is 503 g/mol. The molecule has 0 spiro atoms. The van der Waals surface area contributed by atoms with Crippen LogP contribution in [0.1, 0.15) is 17.3 Å². The van der Waals surface area contributed by atoms with Crippen molar-refractivity contribution in [2.75, 3.05) is 29.9 Å². The van der Waals surface area contributed by atoms with Crippen molar-refractivity contribution >= 4 is 44.9 Å². The van der Waals surface area contributed by atoms with E-state index in [0.29, 0.717) is 5.69 Å². The summed E-state index contributed by atoms with van der Waals surface area (Å²) in [5.74, 6) is -0.913. The minimum Gasteiger partial charge on any atom is -0.495 e. The molecular weight excluding hydrogens is 480 g/mol. The third-order valence-corrected chi connectivity index (χ3v) is 6.81. The lowest BCUT2D eigenvalue weighted by atomic mass is 10.2. The Hall–Kier alpha value is -3.56. The van der Waals surface area contributed by atoms with Crippen LogP contribution in [0.2, 0.25) is 5.02 Å². The van der Waals surface area contributed by atoms with E-state index in [2.05, 4.69) is 5.32 Å². The Morgan fingerprint density at radius 1 is 1.00 bits per heavy atom. The number of sulfonamides is 1. The van der Waals surface area contributed by atoms with Gasteiger partial charge in [0.1, 0.15) is 12.3 Å². The van der Waals surface area contributed by atoms with Gasteiger partial charge in [0.25, 0.3) is 10.0 Å². The zero-order valence-corrected chi connectivity index (χ0v) is 20.1. The first-order valence-electron chi connectivity index (χ1n) is 10.2. The van der Waals surface area contributed by atoms with Gasteiger partial charge in [-0.2, -0.15) is 0 Å². The molecule has 0 saturated carbocycles. The monoisotopic (exact) mass is 502 g/mol. The Labute approximate surface area is 203 Å². The molecule has 0 aromatic heterocycles. The van der Waals surface area contributed by atoms with Crippen molar-refractivity contribution in [3.05, 3.63) is 83.4 Å². The van der Waals surface area contributed by atoms with Gasteiger partial charge in [0.2, 0.25) is 5.91 Å². The number of hydrogen-bond acceptors (Lipinski definition) is 6. The Balaban J connectivity index is 1.91. The van der Waals surface area contributed by atoms with Crippen LogP contribution in [-0.2, 0) is 19.6 Å². The lowest BCUT2D eigenvalue weighted by molar-refractivity contribution is -0.114. The Kier molecular flexibility index (Phi) is 8.14. The molecule has 0 radical (unpaired) electrons. The highest BCUT2D eigenvalue weighted by Gasteiger charge is 2.29. The number of esters is 1. The molecule has 0 saturated heterocycles. The minimum absolute atomic E-state index is 0.0236. The Morgan fingerprint density at radius 3 is 2.32 bits per heavy atom. The molecule has 3 rings (SSSR count). The number of para-hydroxylation sites is 2. The van der Waals surface area contributed by atoms with Gasteiger partial charge >= 0.3 is 5.97 Å². The van der Waals surface area contributed by atoms with Crippen LogP contribution in [0.25, 0.3) is 0 Å². The number of methoxy groups -OCH3 is 1. The van der Waals surface area contributed by atoms with Crippen molar-refractivity contribution in [1.29, 1.82) is 0 Å². The van der Waals surface area contributed by atoms with Gasteiger partial charge in [0.05, 0.1) is 34.9 Å². The van der Waals surface area contributed by atoms with Crippen molar-refractivity contribution < 1.29 is 27.5 Å². The van der Waals surface area contributed by atoms with Gasteiger partial charge in [0.15, 0.2) is 0 Å². The van der Waals surface area contributed by atoms with E-state index < -0.39 is 28.4 Å². The number of anilines is 2. The molecule has 0 fully saturated rings. The zero-order chi connectivity index (χ0) is 24.7. The molecule has 34 heavy (non-hydrogen) atoms. The maximum absolute atomic E-state index is 13.4. The number of carbonyl (C=O) groups is 2. The number of nitrogens with zero attached hydrogens (tertiary/aromatic N) is 1. The van der Waals surface area contributed by atoms with Crippen LogP contribution < -0.4 is 14.4 Å². The highest BCUT2D eigenvalue weighted by Crippen LogP contribution is 2.32. The molecule has 0 atom stereocenters. The molecule has 178 valence electrons. The molecule has 10 heteroatoms. The maximum atomic E-state index is 13.4. The van der Waals surface area contributed by atoms with E-state index in [1.807, 2.05) is 0 Å². The van der Waals surface area contributed by atoms with Crippen LogP contribution in [0.4, 0.5) is 11.4 Å². The molecule has 3 aromatic carbocycles. The first kappa shape index (κ1) is 25.1. The predicted molar refractivity (Wildman–Crippen MR) is 130 cm³/mol. The molecule has 0 unspecified atom stereocenters. The molecule has 0 aliphatic carbocycles. The van der Waals surface area contributed by atoms with Crippen molar-refractivity contribution in [1.82, 2.24) is 0 Å². The SMILES string of the molecule is CCOC(=O)c1ccc(NC(=O)CN(c2ccccc2OC)S(=O)(=O)c2ccccc2)cc1Cl. The highest BCUT2D eigenvalue weighted by atomic mass is 35.5. The second kappa shape index (κ2) is 11.0. The lowest BCUT2D eigenvalue weighted by Gasteiger charge is -2.25. The number of rotatable bonds is 9. The largest absolute Gasteiger partial charge is 0.495 e. The number of ether oxygens (including phenoxy) is 2. The van der Waals surface area contributed by atoms with Crippen LogP contribution in [0.15, 0.2) is 77.7 Å². The van der Waals surface area contributed by atoms with E-state index in [0.717, 1.165) is 4.31 Å². The molecule has 8 nitrogen and oxygen atoms in total. The minimum atomic E-state index is -4.10. The molecular formula is C24H23ClN2O6S. The quantitative estimate of drug-likeness (QED) is 0.436. The second-order valence-corrected chi connectivity index (χ2v) is 9.23. The van der Waals surface area contributed by atoms with Crippen molar-refractivity contribution in [2.45, 2.75) is 11.8 Å². The number of hydrogen-bond donors (Lipinski definition) is 1. The van der Waals surface area contributed by atoms with E-state index in [1.165, 1.54) is 37.4 Å². The number of benzene rings is 3. The summed E-state index contributed by atoms with van der Waals surface area (Å²) in [6.45, 7) is 1.34. The molecule has 3 aromatic rings. The van der Waals surface area contributed by atoms with E-state index in [4.69, 9.17) is 21.1 Å². The molecule has 0 bridgehead atoms. The lowest BCUT2D eigenvalue weighted by Crippen LogP contribution is -2.38. The predicted octanol–water partition coefficient (Wildman–Crippen LogP) is 4.36. The van der Waals surface area contributed by atoms with Gasteiger partial charge in [-0.1, -0.05) is 41.9 Å². The summed E-state index contributed by atoms with van der Waals surface area (Å²) in [5, 5.41) is 2.71. The summed E-state index contributed by atoms with van der Waals surface area (Å²) in [4.78, 5) is 24.9. The van der Waals surface area contributed by atoms with E-state index in [-0.39, 0.29) is 33.5 Å². The summed E-state index contributed by atoms with van der Waals surface area (Å²) in [5.41, 5.74) is 0.656. The van der Waals surface area contributed by atoms with Gasteiger partial charge in [-0.05, 0) is 49.4 Å². The van der Waals surface area contributed by atoms with Crippen LogP contribution >= 0.6 is 11.6 Å². The Morgan fingerprint density at radius 2 is 1.68 bits per heavy atom. The summed E-state index contributed by atoms with van der Waals surface area (Å²) in [6, 6.07) is 18.6. The summed E-state index contributed by atoms with van der Waals surface area (Å²) < 4.78 is 38.1. The first-order chi connectivity index (χ1) is 16.3. The Bertz CT molecular complexity index is 1280. The molecule has 1 amide bonds. The van der Waals surface area contributed by atoms with Crippen LogP contribution in [-0.4, -0.2) is 40.6 Å². The summed E-state index contributed by atoms with van der Waals surface area (Å²) in [6.07, 6.45) is 0. The first-order valence-corrected chi connectivity index (χ1v) is 12.1. The highest BCUT2D eigenvalue weighted by molar-refractivity contribution is 7.92. The van der Waals surface area contributed by atoms with Crippen LogP contribution in [0.5, 0.6) is 5.75 Å². The van der Waals surface area contributed by atoms with Crippen LogP contribution in [0, 0.1) is 0 Å². The normalized spacial score (nSPS) is 10.9. The third kappa shape index (κ3) is 5.67. The van der Waals surface area contributed by atoms with E-state index in [1.54, 1.807) is 49.4 Å². The van der Waals surface area contributed by atoms with Gasteiger partial charge < -0.3 is 14.8 Å². The fraction of sp³-hybridized carbons (Fsp3) is 0.167. The zero-order valence-electron chi connectivity index (χ0n) is 18.5. The maximum Gasteiger partial charge on any atom is 0.339 e. The second-order valence-electron chi connectivity index (χ2n) is 6.96. The van der Waals surface area contributed by atoms with Crippen LogP contribution in [0.3, 0.4) is 0 Å². The average Bonchev–Trinajstić information content (AvgIpc) is 2.83. The van der Waals surface area contributed by atoms with Crippen molar-refractivity contribution in [2.24, 2.45) is 0 Å². The number of amides is 1. The summed E-state index contributed by atoms with van der Waals surface area (Å²) >= 11 is 6.16. The van der Waals surface area contributed by atoms with Crippen molar-refractivity contribution in [3.8, 4) is 5.75 Å². The molecule has 0 aliphatic rings. The molecule has 0 aliphatic heterocycles. The summed E-state index contributed by atoms with van der Waals surface area (Å²) in [7, 11) is -2.69. The van der Waals surface area contributed by atoms with Gasteiger partial charge in [-0.15, -0.1) is 0 Å². The number of nitrogens with one attached hydrogen (secondary N) is 1. The topological polar surface area (TPSA) is 102 Å². The number of halogens is 1. The molecule has 0 heterocycles. The van der Waals surface area contributed by atoms with E-state index in [9.17, 15) is 18.0 Å². The van der Waals surface area contributed by atoms with Gasteiger partial charge in [-0.25, -0.2) is 13.2 Å². The smallest absolute Gasteiger partial charge is 0.339 e. The standard InChI is InChI=1S/C24H23ClN2O6S/c1-3-33-24(29)19-14-13-17(15-20(19)25)26-23(28)16-27(21-11-7-8-12-22(21)32-2)34(30,31)18-9-5-4-6-10-18/h4-15H,3,16H2,1-2H3,(H,26,28). The van der Waals surface area contributed by atoms with Crippen molar-refractivity contribution in [3.63, 3.8) is 0 Å².